The summed E-state index contributed by atoms with van der Waals surface area (Å²) >= 11 is 0. The fourth-order valence-electron chi connectivity index (χ4n) is 1.09. The highest BCUT2D eigenvalue weighted by Gasteiger charge is 2.36. The molecule has 0 spiro atoms. The van der Waals surface area contributed by atoms with Crippen molar-refractivity contribution in [2.75, 3.05) is 13.2 Å². The number of ether oxygens (including phenoxy) is 1. The van der Waals surface area contributed by atoms with Gasteiger partial charge in [0.15, 0.2) is 0 Å². The van der Waals surface area contributed by atoms with Gasteiger partial charge in [-0.1, -0.05) is 12.7 Å². The summed E-state index contributed by atoms with van der Waals surface area (Å²) in [6.07, 6.45) is -0.366. The maximum atomic E-state index is 10.9. The van der Waals surface area contributed by atoms with Gasteiger partial charge < -0.3 is 14.9 Å². The molecule has 0 amide bonds. The van der Waals surface area contributed by atoms with Crippen molar-refractivity contribution in [1.29, 1.82) is 0 Å². The van der Waals surface area contributed by atoms with Gasteiger partial charge in [-0.25, -0.2) is 4.79 Å². The van der Waals surface area contributed by atoms with Crippen LogP contribution in [-0.2, 0) is 19.6 Å². The predicted molar refractivity (Wildman–Crippen MR) is 59.1 cm³/mol. The number of carboxylic acid groups (broad SMARTS) is 1. The first-order valence-electron chi connectivity index (χ1n) is 4.47. The van der Waals surface area contributed by atoms with Gasteiger partial charge in [-0.05, 0) is 0 Å². The Kier molecular flexibility index (Phi) is 6.03. The van der Waals surface area contributed by atoms with Gasteiger partial charge >= 0.3 is 5.97 Å². The fourth-order valence-corrected chi connectivity index (χ4v) is 2.03. The number of rotatable bonds is 8. The molecule has 0 aliphatic heterocycles. The normalized spacial score (nSPS) is 14.9. The Morgan fingerprint density at radius 3 is 2.35 bits per heavy atom. The van der Waals surface area contributed by atoms with Gasteiger partial charge in [-0.3, -0.25) is 4.55 Å². The molecule has 8 heteroatoms. The maximum Gasteiger partial charge on any atom is 0.332 e. The van der Waals surface area contributed by atoms with Crippen LogP contribution in [0, 0.1) is 0 Å². The monoisotopic (exact) mass is 266 g/mol. The molecule has 0 heterocycles. The summed E-state index contributed by atoms with van der Waals surface area (Å²) in [5, 5.41) is 16.0. The predicted octanol–water partition coefficient (Wildman–Crippen LogP) is -0.553. The fraction of sp³-hybridized carbons (Fsp3) is 0.444. The minimum absolute atomic E-state index is 0.0504. The van der Waals surface area contributed by atoms with Crippen LogP contribution < -0.4 is 0 Å². The van der Waals surface area contributed by atoms with Crippen molar-refractivity contribution in [3.63, 3.8) is 0 Å². The molecule has 0 aliphatic carbocycles. The third kappa shape index (κ3) is 5.09. The number of aliphatic hydroxyl groups excluding tert-OH is 1. The largest absolute Gasteiger partial charge is 0.478 e. The lowest BCUT2D eigenvalue weighted by atomic mass is 10.1. The molecule has 0 aliphatic rings. The van der Waals surface area contributed by atoms with Crippen molar-refractivity contribution >= 4 is 16.1 Å². The van der Waals surface area contributed by atoms with E-state index in [1.54, 1.807) is 0 Å². The Morgan fingerprint density at radius 1 is 1.47 bits per heavy atom. The van der Waals surface area contributed by atoms with E-state index in [9.17, 15) is 18.3 Å². The molecular formula is C9H14O7S. The average Bonchev–Trinajstić information content (AvgIpc) is 2.15. The highest BCUT2D eigenvalue weighted by molar-refractivity contribution is 7.86. The van der Waals surface area contributed by atoms with Crippen LogP contribution in [0.5, 0.6) is 0 Å². The van der Waals surface area contributed by atoms with Gasteiger partial charge in [0.1, 0.15) is 11.4 Å². The van der Waals surface area contributed by atoms with E-state index in [4.69, 9.17) is 14.4 Å². The number of aliphatic hydroxyl groups is 1. The van der Waals surface area contributed by atoms with Crippen molar-refractivity contribution in [1.82, 2.24) is 0 Å². The smallest absolute Gasteiger partial charge is 0.332 e. The first-order valence-corrected chi connectivity index (χ1v) is 5.97. The van der Waals surface area contributed by atoms with E-state index in [1.165, 1.54) is 6.08 Å². The summed E-state index contributed by atoms with van der Waals surface area (Å²) in [6.45, 7) is 5.91. The Labute approximate surface area is 98.8 Å². The molecule has 2 atom stereocenters. The Hall–Kier alpha value is -1.22. The molecular weight excluding hydrogens is 252 g/mol. The number of aliphatic carboxylic acids is 1. The van der Waals surface area contributed by atoms with E-state index in [2.05, 4.69) is 13.2 Å². The lowest BCUT2D eigenvalue weighted by Crippen LogP contribution is -2.40. The molecule has 0 aromatic heterocycles. The first kappa shape index (κ1) is 15.8. The summed E-state index contributed by atoms with van der Waals surface area (Å²) in [7, 11) is -4.78. The van der Waals surface area contributed by atoms with E-state index in [1.807, 2.05) is 0 Å². The van der Waals surface area contributed by atoms with E-state index >= 15 is 0 Å². The van der Waals surface area contributed by atoms with Crippen molar-refractivity contribution in [2.45, 2.75) is 11.4 Å². The first-order chi connectivity index (χ1) is 7.71. The standard InChI is InChI=1S/C9H14O7S/c1-3-4-16-5-7(10)8(17(13,14)15)6(2)9(11)12/h3,7-8,10H,1-2,4-5H2,(H,11,12)(H,13,14,15). The Balaban J connectivity index is 4.88. The van der Waals surface area contributed by atoms with Crippen LogP contribution in [0.15, 0.2) is 24.8 Å². The second-order valence-corrected chi connectivity index (χ2v) is 4.70. The summed E-state index contributed by atoms with van der Waals surface area (Å²) in [6, 6.07) is 0. The zero-order chi connectivity index (χ0) is 13.6. The van der Waals surface area contributed by atoms with E-state index in [0.29, 0.717) is 0 Å². The molecule has 2 unspecified atom stereocenters. The summed E-state index contributed by atoms with van der Waals surface area (Å²) in [5.74, 6) is -1.63. The highest BCUT2D eigenvalue weighted by Crippen LogP contribution is 2.15. The van der Waals surface area contributed by atoms with Gasteiger partial charge in [0.2, 0.25) is 0 Å². The molecule has 0 bridgehead atoms. The van der Waals surface area contributed by atoms with Gasteiger partial charge in [-0.15, -0.1) is 6.58 Å². The second-order valence-electron chi connectivity index (χ2n) is 3.16. The summed E-state index contributed by atoms with van der Waals surface area (Å²) in [5.41, 5.74) is -0.831. The number of carbonyl (C=O) groups is 1. The molecule has 7 nitrogen and oxygen atoms in total. The molecule has 0 fully saturated rings. The number of carboxylic acids is 1. The van der Waals surface area contributed by atoms with Crippen LogP contribution in [0.3, 0.4) is 0 Å². The van der Waals surface area contributed by atoms with Gasteiger partial charge in [0.25, 0.3) is 10.1 Å². The zero-order valence-corrected chi connectivity index (χ0v) is 9.76. The van der Waals surface area contributed by atoms with Crippen LogP contribution in [0.4, 0.5) is 0 Å². The van der Waals surface area contributed by atoms with Crippen LogP contribution in [-0.4, -0.2) is 53.7 Å². The van der Waals surface area contributed by atoms with E-state index in [-0.39, 0.29) is 6.61 Å². The highest BCUT2D eigenvalue weighted by atomic mass is 32.2. The quantitative estimate of drug-likeness (QED) is 0.233. The van der Waals surface area contributed by atoms with Gasteiger partial charge in [0, 0.05) is 0 Å². The molecule has 0 radical (unpaired) electrons. The minimum Gasteiger partial charge on any atom is -0.478 e. The SMILES string of the molecule is C=CCOCC(O)C(C(=C)C(=O)O)S(=O)(=O)O. The molecule has 17 heavy (non-hydrogen) atoms. The molecule has 3 N–H and O–H groups in total. The molecule has 0 saturated carbocycles. The van der Waals surface area contributed by atoms with Gasteiger partial charge in [-0.2, -0.15) is 8.42 Å². The molecule has 0 saturated heterocycles. The third-order valence-corrected chi connectivity index (χ3v) is 3.05. The minimum atomic E-state index is -4.78. The van der Waals surface area contributed by atoms with Crippen molar-refractivity contribution < 1.29 is 32.7 Å². The van der Waals surface area contributed by atoms with E-state index < -0.39 is 39.6 Å². The molecule has 0 rings (SSSR count). The molecule has 98 valence electrons. The Bertz CT molecular complexity index is 398. The summed E-state index contributed by atoms with van der Waals surface area (Å²) < 4.78 is 35.5. The molecule has 0 aromatic carbocycles. The van der Waals surface area contributed by atoms with Crippen LogP contribution >= 0.6 is 0 Å². The second kappa shape index (κ2) is 6.50. The molecule has 0 aromatic rings. The van der Waals surface area contributed by atoms with Crippen LogP contribution in [0.25, 0.3) is 0 Å². The zero-order valence-electron chi connectivity index (χ0n) is 8.94. The van der Waals surface area contributed by atoms with Crippen LogP contribution in [0.2, 0.25) is 0 Å². The number of hydrogen-bond donors (Lipinski definition) is 3. The third-order valence-electron chi connectivity index (χ3n) is 1.81. The Morgan fingerprint density at radius 2 is 2.00 bits per heavy atom. The van der Waals surface area contributed by atoms with E-state index in [0.717, 1.165) is 0 Å². The van der Waals surface area contributed by atoms with Crippen molar-refractivity contribution in [3.8, 4) is 0 Å². The number of hydrogen-bond acceptors (Lipinski definition) is 5. The lowest BCUT2D eigenvalue weighted by molar-refractivity contribution is -0.133. The topological polar surface area (TPSA) is 121 Å². The van der Waals surface area contributed by atoms with Crippen molar-refractivity contribution in [3.05, 3.63) is 24.8 Å². The van der Waals surface area contributed by atoms with Gasteiger partial charge in [0.05, 0.1) is 18.8 Å². The average molecular weight is 266 g/mol. The lowest BCUT2D eigenvalue weighted by Gasteiger charge is -2.19. The summed E-state index contributed by atoms with van der Waals surface area (Å²) in [4.78, 5) is 10.6. The van der Waals surface area contributed by atoms with Crippen molar-refractivity contribution in [2.24, 2.45) is 0 Å². The maximum absolute atomic E-state index is 10.9. The van der Waals surface area contributed by atoms with Crippen LogP contribution in [0.1, 0.15) is 0 Å².